The van der Waals surface area contributed by atoms with Crippen LogP contribution in [0.1, 0.15) is 0 Å². The number of benzene rings is 3. The maximum absolute atomic E-state index is 13.5. The third kappa shape index (κ3) is 4.25. The molecule has 0 bridgehead atoms. The third-order valence-corrected chi connectivity index (χ3v) is 6.40. The number of aromatic amines is 1. The fourth-order valence-corrected chi connectivity index (χ4v) is 4.33. The smallest absolute Gasteiger partial charge is 0.138 e. The van der Waals surface area contributed by atoms with Crippen LogP contribution in [0.2, 0.25) is 0 Å². The van der Waals surface area contributed by atoms with Crippen LogP contribution in [-0.4, -0.2) is 25.4 Å². The van der Waals surface area contributed by atoms with Gasteiger partial charge in [-0.1, -0.05) is 48.5 Å². The summed E-state index contributed by atoms with van der Waals surface area (Å²) in [6.07, 6.45) is 5.14. The minimum absolute atomic E-state index is 0.269. The first-order valence-electron chi connectivity index (χ1n) is 10.4. The van der Waals surface area contributed by atoms with Crippen molar-refractivity contribution in [2.45, 2.75) is 4.90 Å². The molecule has 0 spiro atoms. The standard InChI is InChI=1S/C27H20FN3OS/c1-33(32)22-12-8-20(9-13-22)27-30-25(19-14-16-29-17-15-19)26(31-27)24-5-3-2-4-23(24)18-6-10-21(28)11-7-18/h2-17H,1H3,(H,30,31). The highest BCUT2D eigenvalue weighted by atomic mass is 32.2. The zero-order valence-corrected chi connectivity index (χ0v) is 18.6. The second kappa shape index (κ2) is 8.92. The lowest BCUT2D eigenvalue weighted by Crippen LogP contribution is -1.89. The summed E-state index contributed by atoms with van der Waals surface area (Å²) in [6.45, 7) is 0. The van der Waals surface area contributed by atoms with Crippen molar-refractivity contribution in [2.24, 2.45) is 0 Å². The Kier molecular flexibility index (Phi) is 5.67. The average molecular weight is 454 g/mol. The number of aromatic nitrogens is 3. The van der Waals surface area contributed by atoms with Crippen LogP contribution in [0.25, 0.3) is 45.0 Å². The maximum atomic E-state index is 13.5. The summed E-state index contributed by atoms with van der Waals surface area (Å²) in [5.41, 5.74) is 6.33. The monoisotopic (exact) mass is 453 g/mol. The molecule has 1 N–H and O–H groups in total. The van der Waals surface area contributed by atoms with Crippen molar-refractivity contribution >= 4 is 10.8 Å². The number of nitrogens with one attached hydrogen (secondary N) is 1. The molecule has 1 unspecified atom stereocenters. The lowest BCUT2D eigenvalue weighted by Gasteiger charge is -2.10. The first-order valence-corrected chi connectivity index (χ1v) is 12.0. The molecule has 0 saturated heterocycles. The number of hydrogen-bond acceptors (Lipinski definition) is 3. The Balaban J connectivity index is 1.69. The molecule has 3 aromatic carbocycles. The van der Waals surface area contributed by atoms with Gasteiger partial charge in [-0.2, -0.15) is 0 Å². The third-order valence-electron chi connectivity index (χ3n) is 5.47. The van der Waals surface area contributed by atoms with E-state index in [-0.39, 0.29) is 5.82 Å². The lowest BCUT2D eigenvalue weighted by molar-refractivity contribution is 0.628. The molecular formula is C27H20FN3OS. The molecule has 2 aromatic heterocycles. The van der Waals surface area contributed by atoms with E-state index in [1.807, 2.05) is 60.7 Å². The number of pyridine rings is 1. The van der Waals surface area contributed by atoms with E-state index in [9.17, 15) is 8.60 Å². The number of H-pyrrole nitrogens is 1. The van der Waals surface area contributed by atoms with Crippen LogP contribution in [0.3, 0.4) is 0 Å². The molecule has 0 aliphatic heterocycles. The van der Waals surface area contributed by atoms with Crippen LogP contribution in [0, 0.1) is 5.82 Å². The Morgan fingerprint density at radius 1 is 0.758 bits per heavy atom. The lowest BCUT2D eigenvalue weighted by atomic mass is 9.95. The fraction of sp³-hybridized carbons (Fsp3) is 0.0370. The topological polar surface area (TPSA) is 58.6 Å². The van der Waals surface area contributed by atoms with Gasteiger partial charge in [-0.05, 0) is 47.5 Å². The van der Waals surface area contributed by atoms with E-state index in [1.165, 1.54) is 12.1 Å². The van der Waals surface area contributed by atoms with E-state index >= 15 is 0 Å². The summed E-state index contributed by atoms with van der Waals surface area (Å²) in [4.78, 5) is 13.3. The minimum atomic E-state index is -1.04. The van der Waals surface area contributed by atoms with Gasteiger partial charge in [0.15, 0.2) is 0 Å². The van der Waals surface area contributed by atoms with Gasteiger partial charge < -0.3 is 4.98 Å². The number of halogens is 1. The van der Waals surface area contributed by atoms with Crippen molar-refractivity contribution in [2.75, 3.05) is 6.26 Å². The van der Waals surface area contributed by atoms with Crippen LogP contribution in [0.5, 0.6) is 0 Å². The molecule has 0 radical (unpaired) electrons. The minimum Gasteiger partial charge on any atom is -0.337 e. The van der Waals surface area contributed by atoms with Crippen LogP contribution < -0.4 is 0 Å². The summed E-state index contributed by atoms with van der Waals surface area (Å²) in [5.74, 6) is 0.438. The molecule has 33 heavy (non-hydrogen) atoms. The Bertz CT molecular complexity index is 1430. The van der Waals surface area contributed by atoms with Gasteiger partial charge >= 0.3 is 0 Å². The van der Waals surface area contributed by atoms with Crippen molar-refractivity contribution < 1.29 is 8.60 Å². The highest BCUT2D eigenvalue weighted by Gasteiger charge is 2.18. The van der Waals surface area contributed by atoms with Gasteiger partial charge in [-0.3, -0.25) is 9.19 Å². The van der Waals surface area contributed by atoms with Crippen LogP contribution in [-0.2, 0) is 10.8 Å². The Labute approximate surface area is 193 Å². The molecule has 5 aromatic rings. The van der Waals surface area contributed by atoms with E-state index in [0.29, 0.717) is 5.82 Å². The largest absolute Gasteiger partial charge is 0.337 e. The Morgan fingerprint density at radius 3 is 2.06 bits per heavy atom. The van der Waals surface area contributed by atoms with E-state index in [4.69, 9.17) is 4.98 Å². The van der Waals surface area contributed by atoms with Gasteiger partial charge in [0.05, 0.1) is 11.4 Å². The van der Waals surface area contributed by atoms with Gasteiger partial charge in [0, 0.05) is 51.0 Å². The second-order valence-corrected chi connectivity index (χ2v) is 8.96. The van der Waals surface area contributed by atoms with Crippen molar-refractivity contribution in [1.82, 2.24) is 15.0 Å². The highest BCUT2D eigenvalue weighted by molar-refractivity contribution is 7.84. The molecule has 0 saturated carbocycles. The first kappa shape index (κ1) is 21.0. The highest BCUT2D eigenvalue weighted by Crippen LogP contribution is 2.38. The van der Waals surface area contributed by atoms with Crippen LogP contribution in [0.15, 0.2) is 102 Å². The number of hydrogen-bond donors (Lipinski definition) is 1. The quantitative estimate of drug-likeness (QED) is 0.337. The average Bonchev–Trinajstić information content (AvgIpc) is 3.30. The second-order valence-electron chi connectivity index (χ2n) is 7.58. The van der Waals surface area contributed by atoms with Crippen molar-refractivity contribution in [3.63, 3.8) is 0 Å². The molecule has 6 heteroatoms. The molecule has 162 valence electrons. The Morgan fingerprint density at radius 2 is 1.39 bits per heavy atom. The van der Waals surface area contributed by atoms with Gasteiger partial charge in [0.2, 0.25) is 0 Å². The van der Waals surface area contributed by atoms with E-state index in [1.54, 1.807) is 30.8 Å². The summed E-state index contributed by atoms with van der Waals surface area (Å²) in [5, 5.41) is 0. The van der Waals surface area contributed by atoms with E-state index in [2.05, 4.69) is 9.97 Å². The predicted octanol–water partition coefficient (Wildman–Crippen LogP) is 6.35. The van der Waals surface area contributed by atoms with E-state index in [0.717, 1.165) is 44.1 Å². The van der Waals surface area contributed by atoms with Gasteiger partial charge in [-0.25, -0.2) is 9.37 Å². The predicted molar refractivity (Wildman–Crippen MR) is 130 cm³/mol. The molecule has 0 amide bonds. The zero-order chi connectivity index (χ0) is 22.8. The van der Waals surface area contributed by atoms with Gasteiger partial charge in [0.1, 0.15) is 11.6 Å². The zero-order valence-electron chi connectivity index (χ0n) is 17.8. The molecular weight excluding hydrogens is 433 g/mol. The maximum Gasteiger partial charge on any atom is 0.138 e. The number of nitrogens with zero attached hydrogens (tertiary/aromatic N) is 2. The molecule has 0 aliphatic rings. The summed E-state index contributed by atoms with van der Waals surface area (Å²) < 4.78 is 25.3. The van der Waals surface area contributed by atoms with Crippen LogP contribution in [0.4, 0.5) is 4.39 Å². The number of rotatable bonds is 5. The normalized spacial score (nSPS) is 11.9. The molecule has 4 nitrogen and oxygen atoms in total. The van der Waals surface area contributed by atoms with Gasteiger partial charge in [0.25, 0.3) is 0 Å². The van der Waals surface area contributed by atoms with Crippen LogP contribution >= 0.6 is 0 Å². The summed E-state index contributed by atoms with van der Waals surface area (Å²) in [7, 11) is -1.04. The van der Waals surface area contributed by atoms with Crippen molar-refractivity contribution in [3.8, 4) is 45.0 Å². The fourth-order valence-electron chi connectivity index (χ4n) is 3.81. The summed E-state index contributed by atoms with van der Waals surface area (Å²) >= 11 is 0. The molecule has 1 atom stereocenters. The van der Waals surface area contributed by atoms with E-state index < -0.39 is 10.8 Å². The number of imidazole rings is 1. The Hall–Kier alpha value is -3.90. The molecule has 0 aliphatic carbocycles. The molecule has 5 rings (SSSR count). The molecule has 0 fully saturated rings. The SMILES string of the molecule is CS(=O)c1ccc(-c2nc(-c3ccncc3)c(-c3ccccc3-c3ccc(F)cc3)[nH]2)cc1. The van der Waals surface area contributed by atoms with Crippen molar-refractivity contribution in [3.05, 3.63) is 103 Å². The molecule has 2 heterocycles. The van der Waals surface area contributed by atoms with Crippen molar-refractivity contribution in [1.29, 1.82) is 0 Å². The van der Waals surface area contributed by atoms with Gasteiger partial charge in [-0.15, -0.1) is 0 Å². The first-order chi connectivity index (χ1) is 16.1. The summed E-state index contributed by atoms with van der Waals surface area (Å²) in [6, 6.07) is 25.9.